The van der Waals surface area contributed by atoms with Crippen LogP contribution >= 0.6 is 0 Å². The van der Waals surface area contributed by atoms with Gasteiger partial charge in [-0.1, -0.05) is 6.07 Å². The van der Waals surface area contributed by atoms with Gasteiger partial charge < -0.3 is 9.32 Å². The van der Waals surface area contributed by atoms with Crippen LogP contribution in [0.4, 0.5) is 5.69 Å². The molecular weight excluding hydrogens is 378 g/mol. The number of anilines is 1. The lowest BCUT2D eigenvalue weighted by Gasteiger charge is -2.38. The highest BCUT2D eigenvalue weighted by Gasteiger charge is 2.30. The van der Waals surface area contributed by atoms with Crippen molar-refractivity contribution in [3.8, 4) is 11.3 Å². The van der Waals surface area contributed by atoms with E-state index in [1.807, 2.05) is 37.4 Å². The van der Waals surface area contributed by atoms with Gasteiger partial charge >= 0.3 is 0 Å². The Labute approximate surface area is 173 Å². The summed E-state index contributed by atoms with van der Waals surface area (Å²) in [6.45, 7) is 6.17. The van der Waals surface area contributed by atoms with Gasteiger partial charge in [-0.25, -0.2) is 9.97 Å². The number of oxazole rings is 1. The Morgan fingerprint density at radius 3 is 2.93 bits per heavy atom. The number of pyridine rings is 1. The summed E-state index contributed by atoms with van der Waals surface area (Å²) in [6, 6.07) is 12.0. The van der Waals surface area contributed by atoms with Crippen LogP contribution in [0.2, 0.25) is 0 Å². The van der Waals surface area contributed by atoms with Gasteiger partial charge in [0.2, 0.25) is 0 Å². The summed E-state index contributed by atoms with van der Waals surface area (Å²) < 4.78 is 7.28. The van der Waals surface area contributed by atoms with E-state index in [0.717, 1.165) is 36.4 Å². The number of nitrogens with zero attached hydrogens (tertiary/aromatic N) is 5. The lowest BCUT2D eigenvalue weighted by Crippen LogP contribution is -2.50. The first-order chi connectivity index (χ1) is 14.6. The van der Waals surface area contributed by atoms with E-state index in [0.29, 0.717) is 28.9 Å². The molecule has 152 valence electrons. The van der Waals surface area contributed by atoms with Crippen LogP contribution in [-0.4, -0.2) is 51.5 Å². The number of hydrogen-bond donors (Lipinski definition) is 0. The van der Waals surface area contributed by atoms with Gasteiger partial charge in [-0.05, 0) is 43.7 Å². The zero-order chi connectivity index (χ0) is 20.2. The molecule has 2 aliphatic rings. The van der Waals surface area contributed by atoms with Crippen molar-refractivity contribution in [2.45, 2.75) is 25.8 Å². The molecular formula is C23H23N5O2. The average Bonchev–Trinajstić information content (AvgIpc) is 3.37. The first-order valence-electron chi connectivity index (χ1n) is 10.5. The molecule has 1 atom stereocenters. The third-order valence-corrected chi connectivity index (χ3v) is 6.39. The zero-order valence-electron chi connectivity index (χ0n) is 16.9. The molecule has 0 aliphatic carbocycles. The molecule has 5 heterocycles. The van der Waals surface area contributed by atoms with E-state index >= 15 is 0 Å². The van der Waals surface area contributed by atoms with Crippen LogP contribution in [0.25, 0.3) is 28.0 Å². The van der Waals surface area contributed by atoms with Crippen molar-refractivity contribution >= 4 is 22.4 Å². The molecule has 0 radical (unpaired) electrons. The molecule has 30 heavy (non-hydrogen) atoms. The molecule has 0 unspecified atom stereocenters. The second-order valence-electron chi connectivity index (χ2n) is 8.29. The maximum Gasteiger partial charge on any atom is 0.258 e. The quantitative estimate of drug-likeness (QED) is 0.514. The number of hydrogen-bond acceptors (Lipinski definition) is 6. The average molecular weight is 401 g/mol. The maximum absolute atomic E-state index is 12.9. The van der Waals surface area contributed by atoms with Crippen LogP contribution in [0.1, 0.15) is 18.7 Å². The second kappa shape index (κ2) is 6.67. The van der Waals surface area contributed by atoms with Crippen LogP contribution in [0, 0.1) is 6.92 Å². The highest BCUT2D eigenvalue weighted by molar-refractivity contribution is 5.79. The molecule has 6 rings (SSSR count). The molecule has 2 saturated heterocycles. The molecule has 2 fully saturated rings. The van der Waals surface area contributed by atoms with Crippen molar-refractivity contribution in [2.24, 2.45) is 0 Å². The van der Waals surface area contributed by atoms with Crippen molar-refractivity contribution in [3.05, 3.63) is 58.8 Å². The summed E-state index contributed by atoms with van der Waals surface area (Å²) in [7, 11) is 0. The van der Waals surface area contributed by atoms with Crippen molar-refractivity contribution in [2.75, 3.05) is 31.1 Å². The van der Waals surface area contributed by atoms with E-state index in [-0.39, 0.29) is 5.56 Å². The predicted octanol–water partition coefficient (Wildman–Crippen LogP) is 3.10. The van der Waals surface area contributed by atoms with Gasteiger partial charge in [0.1, 0.15) is 11.2 Å². The summed E-state index contributed by atoms with van der Waals surface area (Å²) in [6.07, 6.45) is 4.49. The zero-order valence-corrected chi connectivity index (χ0v) is 16.9. The van der Waals surface area contributed by atoms with Gasteiger partial charge in [-0.15, -0.1) is 0 Å². The second-order valence-corrected chi connectivity index (χ2v) is 8.29. The number of aryl methyl sites for hydroxylation is 1. The summed E-state index contributed by atoms with van der Waals surface area (Å²) in [5, 5.41) is 0. The number of fused-ring (bicyclic) bond motifs is 3. The Balaban J connectivity index is 1.36. The smallest absolute Gasteiger partial charge is 0.258 e. The molecule has 7 nitrogen and oxygen atoms in total. The van der Waals surface area contributed by atoms with Gasteiger partial charge in [0.05, 0.1) is 11.4 Å². The lowest BCUT2D eigenvalue weighted by molar-refractivity contribution is 0.231. The van der Waals surface area contributed by atoms with Gasteiger partial charge in [0.15, 0.2) is 11.5 Å². The number of piperazine rings is 1. The number of benzene rings is 1. The van der Waals surface area contributed by atoms with Crippen LogP contribution in [-0.2, 0) is 0 Å². The van der Waals surface area contributed by atoms with Crippen LogP contribution in [0.3, 0.4) is 0 Å². The summed E-state index contributed by atoms with van der Waals surface area (Å²) in [5.74, 6) is 0.625. The Kier molecular flexibility index (Phi) is 3.92. The van der Waals surface area contributed by atoms with E-state index < -0.39 is 0 Å². The molecule has 0 amide bonds. The number of rotatable bonds is 2. The summed E-state index contributed by atoms with van der Waals surface area (Å²) in [5.41, 5.74) is 4.65. The molecule has 2 aliphatic heterocycles. The van der Waals surface area contributed by atoms with Crippen molar-refractivity contribution in [3.63, 3.8) is 0 Å². The minimum atomic E-state index is -0.0785. The monoisotopic (exact) mass is 401 g/mol. The number of aromatic nitrogens is 3. The van der Waals surface area contributed by atoms with Crippen molar-refractivity contribution in [1.29, 1.82) is 0 Å². The third kappa shape index (κ3) is 2.89. The van der Waals surface area contributed by atoms with Gasteiger partial charge in [0.25, 0.3) is 5.56 Å². The molecule has 0 saturated carbocycles. The first kappa shape index (κ1) is 17.7. The molecule has 3 aromatic heterocycles. The Morgan fingerprint density at radius 1 is 1.07 bits per heavy atom. The Morgan fingerprint density at radius 2 is 2.00 bits per heavy atom. The summed E-state index contributed by atoms with van der Waals surface area (Å²) >= 11 is 0. The van der Waals surface area contributed by atoms with E-state index in [2.05, 4.69) is 20.9 Å². The fourth-order valence-electron chi connectivity index (χ4n) is 4.85. The fraction of sp³-hybridized carbons (Fsp3) is 0.348. The standard InChI is InChI=1S/C23H23N5O2/c1-15-24-19-6-4-16(11-21(19)30-15)20-12-23(29)28-14-18(5-7-22(28)25-20)27-10-9-26-8-2-3-17(26)13-27/h4-7,11-12,14,17H,2-3,8-10,13H2,1H3/t17-/m0/s1. The van der Waals surface area contributed by atoms with Crippen molar-refractivity contribution < 1.29 is 4.42 Å². The molecule has 1 aromatic carbocycles. The van der Waals surface area contributed by atoms with Crippen LogP contribution < -0.4 is 10.5 Å². The van der Waals surface area contributed by atoms with Gasteiger partial charge in [0, 0.05) is 50.4 Å². The Hall–Kier alpha value is -3.19. The minimum absolute atomic E-state index is 0.0785. The molecule has 0 spiro atoms. The maximum atomic E-state index is 12.9. The Bertz CT molecular complexity index is 1320. The third-order valence-electron chi connectivity index (χ3n) is 6.39. The molecule has 4 aromatic rings. The van der Waals surface area contributed by atoms with E-state index in [4.69, 9.17) is 9.40 Å². The SMILES string of the molecule is Cc1nc2ccc(-c3cc(=O)n4cc(N5CCN6CCC[C@H]6C5)ccc4n3)cc2o1. The van der Waals surface area contributed by atoms with Crippen LogP contribution in [0.5, 0.6) is 0 Å². The molecule has 0 N–H and O–H groups in total. The molecule has 0 bridgehead atoms. The highest BCUT2D eigenvalue weighted by atomic mass is 16.3. The van der Waals surface area contributed by atoms with E-state index in [1.165, 1.54) is 19.4 Å². The molecule has 7 heteroatoms. The van der Waals surface area contributed by atoms with Gasteiger partial charge in [-0.2, -0.15) is 0 Å². The van der Waals surface area contributed by atoms with E-state index in [1.54, 1.807) is 10.5 Å². The largest absolute Gasteiger partial charge is 0.441 e. The van der Waals surface area contributed by atoms with Crippen LogP contribution in [0.15, 0.2) is 51.8 Å². The van der Waals surface area contributed by atoms with E-state index in [9.17, 15) is 4.79 Å². The predicted molar refractivity (Wildman–Crippen MR) is 116 cm³/mol. The normalized spacial score (nSPS) is 19.6. The van der Waals surface area contributed by atoms with Crippen molar-refractivity contribution in [1.82, 2.24) is 19.3 Å². The lowest BCUT2D eigenvalue weighted by atomic mass is 10.1. The minimum Gasteiger partial charge on any atom is -0.441 e. The highest BCUT2D eigenvalue weighted by Crippen LogP contribution is 2.26. The fourth-order valence-corrected chi connectivity index (χ4v) is 4.85. The topological polar surface area (TPSA) is 66.9 Å². The van der Waals surface area contributed by atoms with Gasteiger partial charge in [-0.3, -0.25) is 14.1 Å². The summed E-state index contributed by atoms with van der Waals surface area (Å²) in [4.78, 5) is 27.0. The first-order valence-corrected chi connectivity index (χ1v) is 10.5.